The normalized spacial score (nSPS) is 14.6. The number of anilines is 3. The summed E-state index contributed by atoms with van der Waals surface area (Å²) in [6.45, 7) is 2.49. The molecular formula is C28H21F3N4O6. The zero-order valence-corrected chi connectivity index (χ0v) is 21.5. The first kappa shape index (κ1) is 28.6. The topological polar surface area (TPSA) is 151 Å². The van der Waals surface area contributed by atoms with Gasteiger partial charge in [0.1, 0.15) is 5.54 Å². The van der Waals surface area contributed by atoms with Gasteiger partial charge >= 0.3 is 24.1 Å². The van der Waals surface area contributed by atoms with Gasteiger partial charge < -0.3 is 20.4 Å². The molecule has 10 nitrogen and oxygen atoms in total. The smallest absolute Gasteiger partial charge is 0.417 e. The van der Waals surface area contributed by atoms with Crippen molar-refractivity contribution in [1.29, 1.82) is 5.26 Å². The highest BCUT2D eigenvalue weighted by molar-refractivity contribution is 6.23. The van der Waals surface area contributed by atoms with Crippen molar-refractivity contribution in [2.45, 2.75) is 32.1 Å². The van der Waals surface area contributed by atoms with Gasteiger partial charge in [-0.1, -0.05) is 0 Å². The van der Waals surface area contributed by atoms with Crippen LogP contribution >= 0.6 is 0 Å². The van der Waals surface area contributed by atoms with Crippen LogP contribution in [0.15, 0.2) is 60.7 Å². The van der Waals surface area contributed by atoms with E-state index in [1.165, 1.54) is 62.4 Å². The van der Waals surface area contributed by atoms with Crippen LogP contribution in [0.2, 0.25) is 0 Å². The number of benzene rings is 3. The zero-order chi connectivity index (χ0) is 30.3. The molecule has 3 aromatic rings. The number of hydrogen-bond acceptors (Lipinski definition) is 6. The third-order valence-electron chi connectivity index (χ3n) is 6.60. The van der Waals surface area contributed by atoms with E-state index < -0.39 is 46.7 Å². The van der Waals surface area contributed by atoms with Crippen LogP contribution in [0.1, 0.15) is 51.3 Å². The molecule has 1 fully saturated rings. The minimum Gasteiger partial charge on any atom is -0.478 e. The van der Waals surface area contributed by atoms with E-state index in [4.69, 9.17) is 10.4 Å². The molecule has 210 valence electrons. The Morgan fingerprint density at radius 2 is 1.56 bits per heavy atom. The summed E-state index contributed by atoms with van der Waals surface area (Å²) in [4.78, 5) is 51.4. The Bertz CT molecular complexity index is 1630. The number of imide groups is 1. The molecule has 0 bridgehead atoms. The molecule has 1 saturated heterocycles. The maximum Gasteiger partial charge on any atom is 0.417 e. The number of halogens is 3. The molecule has 0 atom stereocenters. The van der Waals surface area contributed by atoms with Crippen molar-refractivity contribution in [2.75, 3.05) is 10.2 Å². The van der Waals surface area contributed by atoms with Gasteiger partial charge in [-0.25, -0.2) is 19.3 Å². The molecule has 41 heavy (non-hydrogen) atoms. The van der Waals surface area contributed by atoms with E-state index in [0.717, 1.165) is 17.0 Å². The van der Waals surface area contributed by atoms with Crippen molar-refractivity contribution in [1.82, 2.24) is 4.90 Å². The van der Waals surface area contributed by atoms with Crippen molar-refractivity contribution in [3.63, 3.8) is 0 Å². The lowest BCUT2D eigenvalue weighted by Crippen LogP contribution is -2.43. The van der Waals surface area contributed by atoms with Crippen LogP contribution in [0.4, 0.5) is 35.0 Å². The predicted molar refractivity (Wildman–Crippen MR) is 139 cm³/mol. The van der Waals surface area contributed by atoms with Crippen molar-refractivity contribution >= 4 is 40.9 Å². The van der Waals surface area contributed by atoms with E-state index in [-0.39, 0.29) is 28.9 Å². The fourth-order valence-electron chi connectivity index (χ4n) is 4.33. The van der Waals surface area contributed by atoms with Gasteiger partial charge in [0.2, 0.25) is 0 Å². The van der Waals surface area contributed by atoms with Gasteiger partial charge in [0.25, 0.3) is 5.91 Å². The number of aromatic carboxylic acids is 2. The monoisotopic (exact) mass is 566 g/mol. The number of carboxylic acids is 2. The van der Waals surface area contributed by atoms with E-state index in [0.29, 0.717) is 22.3 Å². The largest absolute Gasteiger partial charge is 0.478 e. The molecule has 0 unspecified atom stereocenters. The molecule has 0 saturated carbocycles. The molecule has 0 aromatic heterocycles. The standard InChI is InChI=1S/C28H21F3N4O6/c1-27(2)25(40)35(20-9-5-17(13-32)21(12-20)28(29,30)31)26(41)34(27)14-18-11-16(24(38)39)6-10-22(18)33-19-7-3-15(4-8-19)23(36)37/h3-12,33H,14H2,1-2H3,(H,36,37)(H,38,39). The Morgan fingerprint density at radius 1 is 0.951 bits per heavy atom. The summed E-state index contributed by atoms with van der Waals surface area (Å²) in [7, 11) is 0. The number of carbonyl (C=O) groups excluding carboxylic acids is 2. The molecule has 1 heterocycles. The Balaban J connectivity index is 1.73. The van der Waals surface area contributed by atoms with Crippen LogP contribution in [0.5, 0.6) is 0 Å². The maximum atomic E-state index is 13.6. The number of amides is 3. The number of rotatable bonds is 7. The number of carboxylic acid groups (broad SMARTS) is 2. The lowest BCUT2D eigenvalue weighted by molar-refractivity contribution is -0.137. The number of nitrogens with zero attached hydrogens (tertiary/aromatic N) is 3. The summed E-state index contributed by atoms with van der Waals surface area (Å²) < 4.78 is 40.7. The predicted octanol–water partition coefficient (Wildman–Crippen LogP) is 5.46. The van der Waals surface area contributed by atoms with E-state index in [9.17, 15) is 37.5 Å². The fraction of sp³-hybridized carbons (Fsp3) is 0.179. The highest BCUT2D eigenvalue weighted by atomic mass is 19.4. The van der Waals surface area contributed by atoms with Crippen LogP contribution in [0, 0.1) is 11.3 Å². The van der Waals surface area contributed by atoms with Crippen molar-refractivity contribution in [3.05, 3.63) is 88.5 Å². The molecule has 1 aliphatic heterocycles. The molecular weight excluding hydrogens is 545 g/mol. The molecule has 0 radical (unpaired) electrons. The lowest BCUT2D eigenvalue weighted by atomic mass is 10.0. The first-order valence-corrected chi connectivity index (χ1v) is 11.9. The lowest BCUT2D eigenvalue weighted by Gasteiger charge is -2.28. The van der Waals surface area contributed by atoms with Crippen molar-refractivity contribution < 1.29 is 42.6 Å². The first-order valence-electron chi connectivity index (χ1n) is 11.9. The zero-order valence-electron chi connectivity index (χ0n) is 21.5. The molecule has 4 rings (SSSR count). The average Bonchev–Trinajstić information content (AvgIpc) is 3.07. The third kappa shape index (κ3) is 5.40. The van der Waals surface area contributed by atoms with E-state index in [2.05, 4.69) is 5.32 Å². The summed E-state index contributed by atoms with van der Waals surface area (Å²) in [6.07, 6.45) is -4.91. The fourth-order valence-corrected chi connectivity index (χ4v) is 4.33. The highest BCUT2D eigenvalue weighted by Gasteiger charge is 2.52. The van der Waals surface area contributed by atoms with E-state index >= 15 is 0 Å². The van der Waals surface area contributed by atoms with E-state index in [1.54, 1.807) is 0 Å². The number of urea groups is 1. The minimum absolute atomic E-state index is 0.0384. The summed E-state index contributed by atoms with van der Waals surface area (Å²) in [6, 6.07) is 12.7. The van der Waals surface area contributed by atoms with Crippen LogP contribution in [0.3, 0.4) is 0 Å². The van der Waals surface area contributed by atoms with Crippen molar-refractivity contribution in [3.8, 4) is 6.07 Å². The summed E-state index contributed by atoms with van der Waals surface area (Å²) in [5.41, 5.74) is -2.94. The number of hydrogen-bond donors (Lipinski definition) is 3. The maximum absolute atomic E-state index is 13.6. The van der Waals surface area contributed by atoms with Gasteiger partial charge in [0.15, 0.2) is 0 Å². The molecule has 1 aliphatic rings. The quantitative estimate of drug-likeness (QED) is 0.319. The second-order valence-corrected chi connectivity index (χ2v) is 9.59. The summed E-state index contributed by atoms with van der Waals surface area (Å²) >= 11 is 0. The third-order valence-corrected chi connectivity index (χ3v) is 6.60. The number of nitriles is 1. The van der Waals surface area contributed by atoms with Gasteiger partial charge in [-0.15, -0.1) is 0 Å². The Hall–Kier alpha value is -5.38. The summed E-state index contributed by atoms with van der Waals surface area (Å²) in [5.74, 6) is -3.21. The second kappa shape index (κ2) is 10.3. The van der Waals surface area contributed by atoms with Crippen LogP contribution in [-0.2, 0) is 17.5 Å². The Kier molecular flexibility index (Phi) is 7.19. The highest BCUT2D eigenvalue weighted by Crippen LogP contribution is 2.39. The molecule has 3 aromatic carbocycles. The first-order chi connectivity index (χ1) is 19.1. The average molecular weight is 566 g/mol. The summed E-state index contributed by atoms with van der Waals surface area (Å²) in [5, 5.41) is 30.8. The Morgan fingerprint density at radius 3 is 2.12 bits per heavy atom. The minimum atomic E-state index is -4.91. The van der Waals surface area contributed by atoms with Crippen LogP contribution in [0.25, 0.3) is 0 Å². The second-order valence-electron chi connectivity index (χ2n) is 9.59. The van der Waals surface area contributed by atoms with Crippen LogP contribution in [-0.4, -0.2) is 44.5 Å². The van der Waals surface area contributed by atoms with Gasteiger partial charge in [0, 0.05) is 11.4 Å². The van der Waals surface area contributed by atoms with Crippen LogP contribution < -0.4 is 10.2 Å². The number of alkyl halides is 3. The van der Waals surface area contributed by atoms with Gasteiger partial charge in [0.05, 0.1) is 40.6 Å². The number of nitrogens with one attached hydrogen (secondary N) is 1. The van der Waals surface area contributed by atoms with Gasteiger partial charge in [-0.2, -0.15) is 18.4 Å². The molecule has 0 aliphatic carbocycles. The molecule has 13 heteroatoms. The number of carbonyl (C=O) groups is 4. The molecule has 3 amide bonds. The SMILES string of the molecule is CC1(C)C(=O)N(c2ccc(C#N)c(C(F)(F)F)c2)C(=O)N1Cc1cc(C(=O)O)ccc1Nc1ccc(C(=O)O)cc1. The molecule has 3 N–H and O–H groups in total. The molecule has 0 spiro atoms. The van der Waals surface area contributed by atoms with Gasteiger partial charge in [-0.3, -0.25) is 4.79 Å². The van der Waals surface area contributed by atoms with Crippen molar-refractivity contribution in [2.24, 2.45) is 0 Å². The van der Waals surface area contributed by atoms with Gasteiger partial charge in [-0.05, 0) is 80.1 Å². The van der Waals surface area contributed by atoms with E-state index in [1.807, 2.05) is 0 Å². The Labute approximate surface area is 230 Å².